The maximum atomic E-state index is 9.04. The van der Waals surface area contributed by atoms with Gasteiger partial charge in [0.1, 0.15) is 12.1 Å². The lowest BCUT2D eigenvalue weighted by atomic mass is 10.2. The highest BCUT2D eigenvalue weighted by Crippen LogP contribution is 2.24. The van der Waals surface area contributed by atoms with Gasteiger partial charge in [0, 0.05) is 4.47 Å². The van der Waals surface area contributed by atoms with Gasteiger partial charge in [-0.15, -0.1) is 5.10 Å². The summed E-state index contributed by atoms with van der Waals surface area (Å²) in [4.78, 5) is 0. The fourth-order valence-corrected chi connectivity index (χ4v) is 1.72. The van der Waals surface area contributed by atoms with E-state index in [0.29, 0.717) is 22.6 Å². The van der Waals surface area contributed by atoms with Crippen molar-refractivity contribution in [3.63, 3.8) is 0 Å². The van der Waals surface area contributed by atoms with Gasteiger partial charge in [-0.25, -0.2) is 0 Å². The first-order chi connectivity index (χ1) is 8.74. The molecule has 1 aromatic heterocycles. The summed E-state index contributed by atoms with van der Waals surface area (Å²) in [6.45, 7) is 0. The van der Waals surface area contributed by atoms with E-state index in [-0.39, 0.29) is 0 Å². The number of nitrogens with zero attached hydrogens (tertiary/aromatic N) is 4. The lowest BCUT2D eigenvalue weighted by molar-refractivity contribution is 1.03. The molecule has 0 fully saturated rings. The van der Waals surface area contributed by atoms with Gasteiger partial charge in [0.25, 0.3) is 0 Å². The third-order valence-electron chi connectivity index (χ3n) is 2.20. The molecule has 0 aliphatic heterocycles. The maximum absolute atomic E-state index is 9.04. The summed E-state index contributed by atoms with van der Waals surface area (Å²) in [5.74, 6) is 0.332. The Balaban J connectivity index is 2.41. The average Bonchev–Trinajstić information content (AvgIpc) is 2.41. The molecule has 2 aromatic rings. The zero-order valence-electron chi connectivity index (χ0n) is 9.05. The molecule has 0 bridgehead atoms. The quantitative estimate of drug-likeness (QED) is 0.921. The fraction of sp³-hybridized carbons (Fsp3) is 0. The van der Waals surface area contributed by atoms with E-state index >= 15 is 0 Å². The molecule has 6 heteroatoms. The first-order valence-corrected chi connectivity index (χ1v) is 5.72. The zero-order chi connectivity index (χ0) is 13.0. The van der Waals surface area contributed by atoms with Crippen LogP contribution < -0.4 is 5.32 Å². The minimum atomic E-state index is 0.332. The van der Waals surface area contributed by atoms with E-state index in [1.54, 1.807) is 24.3 Å². The molecule has 0 atom stereocenters. The van der Waals surface area contributed by atoms with Gasteiger partial charge in [0.05, 0.1) is 23.0 Å². The number of nitriles is 2. The Bertz CT molecular complexity index is 669. The van der Waals surface area contributed by atoms with Gasteiger partial charge in [0.2, 0.25) is 0 Å². The van der Waals surface area contributed by atoms with Gasteiger partial charge in [0.15, 0.2) is 5.82 Å². The van der Waals surface area contributed by atoms with Crippen LogP contribution in [0.5, 0.6) is 0 Å². The number of benzene rings is 1. The van der Waals surface area contributed by atoms with Crippen molar-refractivity contribution < 1.29 is 0 Å². The summed E-state index contributed by atoms with van der Waals surface area (Å²) in [7, 11) is 0. The standard InChI is InChI=1S/C12H6BrN5/c13-10-1-2-11(9(5-10)7-15)17-12-8(6-14)3-4-16-18-12/h1-5H,(H,17,18). The second-order valence-electron chi connectivity index (χ2n) is 3.33. The molecule has 0 spiro atoms. The van der Waals surface area contributed by atoms with Crippen LogP contribution in [-0.4, -0.2) is 10.2 Å². The van der Waals surface area contributed by atoms with Gasteiger partial charge >= 0.3 is 0 Å². The molecule has 5 nitrogen and oxygen atoms in total. The van der Waals surface area contributed by atoms with Crippen molar-refractivity contribution in [1.29, 1.82) is 10.5 Å². The van der Waals surface area contributed by atoms with Crippen molar-refractivity contribution in [2.75, 3.05) is 5.32 Å². The largest absolute Gasteiger partial charge is 0.337 e. The minimum Gasteiger partial charge on any atom is -0.337 e. The molecule has 1 aromatic carbocycles. The third kappa shape index (κ3) is 2.45. The highest BCUT2D eigenvalue weighted by molar-refractivity contribution is 9.10. The maximum Gasteiger partial charge on any atom is 0.171 e. The summed E-state index contributed by atoms with van der Waals surface area (Å²) in [6, 6.07) is 10.9. The SMILES string of the molecule is N#Cc1cc(Br)ccc1Nc1nnccc1C#N. The number of anilines is 2. The molecule has 0 radical (unpaired) electrons. The van der Waals surface area contributed by atoms with Crippen LogP contribution in [0.1, 0.15) is 11.1 Å². The molecule has 0 aliphatic rings. The Morgan fingerprint density at radius 3 is 2.61 bits per heavy atom. The molecule has 0 saturated heterocycles. The normalized spacial score (nSPS) is 9.28. The predicted octanol–water partition coefficient (Wildman–Crippen LogP) is 2.73. The van der Waals surface area contributed by atoms with Gasteiger partial charge < -0.3 is 5.32 Å². The van der Waals surface area contributed by atoms with Crippen LogP contribution >= 0.6 is 15.9 Å². The van der Waals surface area contributed by atoms with Gasteiger partial charge in [-0.1, -0.05) is 15.9 Å². The predicted molar refractivity (Wildman–Crippen MR) is 68.9 cm³/mol. The number of rotatable bonds is 2. The summed E-state index contributed by atoms with van der Waals surface area (Å²) in [5.41, 5.74) is 1.41. The summed E-state index contributed by atoms with van der Waals surface area (Å²) in [5, 5.41) is 28.4. The van der Waals surface area contributed by atoms with Gasteiger partial charge in [-0.3, -0.25) is 0 Å². The van der Waals surface area contributed by atoms with E-state index in [4.69, 9.17) is 10.5 Å². The Morgan fingerprint density at radius 1 is 1.11 bits per heavy atom. The van der Waals surface area contributed by atoms with Crippen molar-refractivity contribution in [1.82, 2.24) is 10.2 Å². The summed E-state index contributed by atoms with van der Waals surface area (Å²) in [6.07, 6.45) is 1.44. The van der Waals surface area contributed by atoms with Crippen LogP contribution in [-0.2, 0) is 0 Å². The van der Waals surface area contributed by atoms with Crippen LogP contribution in [0.4, 0.5) is 11.5 Å². The van der Waals surface area contributed by atoms with E-state index in [9.17, 15) is 0 Å². The van der Waals surface area contributed by atoms with Crippen LogP contribution in [0.2, 0.25) is 0 Å². The second-order valence-corrected chi connectivity index (χ2v) is 4.25. The van der Waals surface area contributed by atoms with E-state index in [0.717, 1.165) is 4.47 Å². The lowest BCUT2D eigenvalue weighted by Gasteiger charge is -2.07. The molecular weight excluding hydrogens is 294 g/mol. The molecule has 0 amide bonds. The monoisotopic (exact) mass is 299 g/mol. The number of nitrogens with one attached hydrogen (secondary N) is 1. The first kappa shape index (κ1) is 12.0. The number of aromatic nitrogens is 2. The summed E-state index contributed by atoms with van der Waals surface area (Å²) >= 11 is 3.29. The van der Waals surface area contributed by atoms with Crippen molar-refractivity contribution in [3.8, 4) is 12.1 Å². The zero-order valence-corrected chi connectivity index (χ0v) is 10.6. The van der Waals surface area contributed by atoms with E-state index in [2.05, 4.69) is 37.5 Å². The van der Waals surface area contributed by atoms with E-state index in [1.807, 2.05) is 6.07 Å². The van der Waals surface area contributed by atoms with Crippen LogP contribution in [0.3, 0.4) is 0 Å². The highest BCUT2D eigenvalue weighted by Gasteiger charge is 2.07. The Morgan fingerprint density at radius 2 is 1.89 bits per heavy atom. The van der Waals surface area contributed by atoms with E-state index < -0.39 is 0 Å². The molecule has 86 valence electrons. The molecular formula is C12H6BrN5. The molecule has 0 aliphatic carbocycles. The van der Waals surface area contributed by atoms with Crippen molar-refractivity contribution in [2.24, 2.45) is 0 Å². The van der Waals surface area contributed by atoms with Gasteiger partial charge in [-0.05, 0) is 24.3 Å². The first-order valence-electron chi connectivity index (χ1n) is 4.93. The molecule has 1 N–H and O–H groups in total. The van der Waals surface area contributed by atoms with Gasteiger partial charge in [-0.2, -0.15) is 15.6 Å². The van der Waals surface area contributed by atoms with Crippen molar-refractivity contribution >= 4 is 27.4 Å². The Hall–Kier alpha value is -2.44. The molecule has 1 heterocycles. The number of hydrogen-bond donors (Lipinski definition) is 1. The Labute approximate surface area is 112 Å². The van der Waals surface area contributed by atoms with Crippen LogP contribution in [0, 0.1) is 22.7 Å². The highest BCUT2D eigenvalue weighted by atomic mass is 79.9. The minimum absolute atomic E-state index is 0.332. The number of hydrogen-bond acceptors (Lipinski definition) is 5. The molecule has 18 heavy (non-hydrogen) atoms. The smallest absolute Gasteiger partial charge is 0.171 e. The molecule has 0 unspecified atom stereocenters. The van der Waals surface area contributed by atoms with Crippen LogP contribution in [0.25, 0.3) is 0 Å². The lowest BCUT2D eigenvalue weighted by Crippen LogP contribution is -2.00. The number of halogens is 1. The van der Waals surface area contributed by atoms with Crippen LogP contribution in [0.15, 0.2) is 34.9 Å². The Kier molecular flexibility index (Phi) is 3.52. The topological polar surface area (TPSA) is 85.4 Å². The molecule has 0 saturated carbocycles. The fourth-order valence-electron chi connectivity index (χ4n) is 1.36. The third-order valence-corrected chi connectivity index (χ3v) is 2.69. The summed E-state index contributed by atoms with van der Waals surface area (Å²) < 4.78 is 0.809. The second kappa shape index (κ2) is 5.26. The van der Waals surface area contributed by atoms with Crippen molar-refractivity contribution in [2.45, 2.75) is 0 Å². The van der Waals surface area contributed by atoms with Crippen molar-refractivity contribution in [3.05, 3.63) is 46.1 Å². The molecule has 2 rings (SSSR count). The average molecular weight is 300 g/mol. The van der Waals surface area contributed by atoms with E-state index in [1.165, 1.54) is 6.20 Å².